The summed E-state index contributed by atoms with van der Waals surface area (Å²) in [6, 6.07) is 7.86. The van der Waals surface area contributed by atoms with Crippen molar-refractivity contribution in [2.24, 2.45) is 0 Å². The zero-order chi connectivity index (χ0) is 18.8. The van der Waals surface area contributed by atoms with Gasteiger partial charge in [-0.15, -0.1) is 0 Å². The second-order valence-electron chi connectivity index (χ2n) is 6.65. The third-order valence-corrected chi connectivity index (χ3v) is 5.15. The third-order valence-electron chi connectivity index (χ3n) is 4.77. The summed E-state index contributed by atoms with van der Waals surface area (Å²) in [7, 11) is 0. The van der Waals surface area contributed by atoms with Gasteiger partial charge < -0.3 is 9.80 Å². The van der Waals surface area contributed by atoms with Crippen LogP contribution in [0.1, 0.15) is 18.5 Å². The van der Waals surface area contributed by atoms with Crippen LogP contribution in [-0.2, 0) is 0 Å². The van der Waals surface area contributed by atoms with Crippen LogP contribution in [0.5, 0.6) is 0 Å². The minimum absolute atomic E-state index is 0.298. The minimum atomic E-state index is 0.298. The predicted octanol–water partition coefficient (Wildman–Crippen LogP) is 4.14. The number of hydrogen-bond acceptors (Lipinski definition) is 6. The van der Waals surface area contributed by atoms with E-state index in [2.05, 4.69) is 35.8 Å². The Morgan fingerprint density at radius 2 is 1.67 bits per heavy atom. The number of hydrogen-bond donors (Lipinski definition) is 0. The van der Waals surface area contributed by atoms with Crippen LogP contribution in [-0.4, -0.2) is 46.1 Å². The third kappa shape index (κ3) is 4.06. The topological polar surface area (TPSA) is 58.0 Å². The molecule has 6 nitrogen and oxygen atoms in total. The normalized spacial score (nSPS) is 15.7. The van der Waals surface area contributed by atoms with E-state index in [0.717, 1.165) is 61.6 Å². The van der Waals surface area contributed by atoms with Crippen molar-refractivity contribution in [3.63, 3.8) is 0 Å². The molecule has 1 aliphatic rings. The second-order valence-corrected chi connectivity index (χ2v) is 7.38. The Hall–Kier alpha value is -2.18. The smallest absolute Gasteiger partial charge is 0.224 e. The average molecular weight is 403 g/mol. The quantitative estimate of drug-likeness (QED) is 0.474. The van der Waals surface area contributed by atoms with E-state index in [1.54, 1.807) is 6.20 Å². The van der Waals surface area contributed by atoms with Gasteiger partial charge in [-0.3, -0.25) is 0 Å². The lowest BCUT2D eigenvalue weighted by atomic mass is 10.1. The summed E-state index contributed by atoms with van der Waals surface area (Å²) >= 11 is 12.1. The van der Waals surface area contributed by atoms with Crippen LogP contribution in [0.2, 0.25) is 10.4 Å². The average Bonchev–Trinajstić information content (AvgIpc) is 2.60. The lowest BCUT2D eigenvalue weighted by Crippen LogP contribution is -2.39. The van der Waals surface area contributed by atoms with Crippen LogP contribution < -0.4 is 9.80 Å². The highest BCUT2D eigenvalue weighted by Crippen LogP contribution is 2.27. The summed E-state index contributed by atoms with van der Waals surface area (Å²) in [5, 5.41) is 1.78. The monoisotopic (exact) mass is 402 g/mol. The van der Waals surface area contributed by atoms with Crippen LogP contribution in [0.4, 0.5) is 11.5 Å². The molecule has 27 heavy (non-hydrogen) atoms. The maximum absolute atomic E-state index is 6.06. The molecular weight excluding hydrogens is 383 g/mol. The predicted molar refractivity (Wildman–Crippen MR) is 110 cm³/mol. The molecular formula is C19H20Cl2N6. The number of aromatic nitrogens is 4. The lowest BCUT2D eigenvalue weighted by Gasteiger charge is -2.33. The Morgan fingerprint density at radius 1 is 0.889 bits per heavy atom. The minimum Gasteiger partial charge on any atom is -0.369 e. The highest BCUT2D eigenvalue weighted by molar-refractivity contribution is 6.29. The Labute approximate surface area is 168 Å². The molecule has 4 heterocycles. The standard InChI is InChI=1S/C19H20Cl2N6/c1-13-12-17(25-19(21)23-13)27-9-3-2-8-26(10-11-27)15-6-7-22-18-14(15)4-5-16(20)24-18/h4-7,12H,2-3,8-11H2,1H3. The molecule has 0 saturated carbocycles. The van der Waals surface area contributed by atoms with E-state index in [1.165, 1.54) is 0 Å². The van der Waals surface area contributed by atoms with Crippen molar-refractivity contribution in [3.8, 4) is 0 Å². The van der Waals surface area contributed by atoms with Gasteiger partial charge in [0.05, 0.1) is 0 Å². The SMILES string of the molecule is Cc1cc(N2CCCCN(c3ccnc4nc(Cl)ccc34)CC2)nc(Cl)n1. The van der Waals surface area contributed by atoms with E-state index in [0.29, 0.717) is 16.1 Å². The molecule has 0 amide bonds. The van der Waals surface area contributed by atoms with Crippen LogP contribution in [0.15, 0.2) is 30.5 Å². The van der Waals surface area contributed by atoms with Crippen molar-refractivity contribution < 1.29 is 0 Å². The summed E-state index contributed by atoms with van der Waals surface area (Å²) in [6.07, 6.45) is 3.98. The maximum Gasteiger partial charge on any atom is 0.224 e. The van der Waals surface area contributed by atoms with Gasteiger partial charge in [0.1, 0.15) is 11.0 Å². The Morgan fingerprint density at radius 3 is 2.48 bits per heavy atom. The zero-order valence-electron chi connectivity index (χ0n) is 15.1. The molecule has 0 N–H and O–H groups in total. The molecule has 3 aromatic heterocycles. The number of anilines is 2. The summed E-state index contributed by atoms with van der Waals surface area (Å²) in [4.78, 5) is 22.0. The number of aryl methyl sites for hydroxylation is 1. The Kier molecular flexibility index (Phi) is 5.27. The van der Waals surface area contributed by atoms with Gasteiger partial charge in [-0.2, -0.15) is 0 Å². The lowest BCUT2D eigenvalue weighted by molar-refractivity contribution is 0.611. The molecule has 140 valence electrons. The molecule has 0 unspecified atom stereocenters. The van der Waals surface area contributed by atoms with Crippen molar-refractivity contribution in [1.29, 1.82) is 0 Å². The fourth-order valence-corrected chi connectivity index (χ4v) is 3.85. The van der Waals surface area contributed by atoms with Gasteiger partial charge in [0.2, 0.25) is 5.28 Å². The molecule has 0 spiro atoms. The highest BCUT2D eigenvalue weighted by atomic mass is 35.5. The van der Waals surface area contributed by atoms with Gasteiger partial charge >= 0.3 is 0 Å². The fourth-order valence-electron chi connectivity index (χ4n) is 3.49. The number of pyridine rings is 2. The molecule has 0 bridgehead atoms. The number of fused-ring (bicyclic) bond motifs is 1. The summed E-state index contributed by atoms with van der Waals surface area (Å²) in [5.41, 5.74) is 2.70. The van der Waals surface area contributed by atoms with Crippen LogP contribution >= 0.6 is 23.2 Å². The van der Waals surface area contributed by atoms with Crippen LogP contribution in [0.3, 0.4) is 0 Å². The molecule has 0 aromatic carbocycles. The van der Waals surface area contributed by atoms with E-state index >= 15 is 0 Å². The fraction of sp³-hybridized carbons (Fsp3) is 0.368. The molecule has 4 rings (SSSR count). The van der Waals surface area contributed by atoms with Gasteiger partial charge in [-0.25, -0.2) is 19.9 Å². The second kappa shape index (κ2) is 7.82. The summed E-state index contributed by atoms with van der Waals surface area (Å²) in [6.45, 7) is 5.64. The molecule has 3 aromatic rings. The van der Waals surface area contributed by atoms with E-state index in [-0.39, 0.29) is 0 Å². The molecule has 1 saturated heterocycles. The van der Waals surface area contributed by atoms with E-state index < -0.39 is 0 Å². The van der Waals surface area contributed by atoms with Crippen molar-refractivity contribution in [2.45, 2.75) is 19.8 Å². The van der Waals surface area contributed by atoms with Crippen molar-refractivity contribution in [1.82, 2.24) is 19.9 Å². The largest absolute Gasteiger partial charge is 0.369 e. The number of rotatable bonds is 2. The van der Waals surface area contributed by atoms with Crippen molar-refractivity contribution >= 4 is 45.7 Å². The van der Waals surface area contributed by atoms with E-state index in [4.69, 9.17) is 23.2 Å². The van der Waals surface area contributed by atoms with Gasteiger partial charge in [0.25, 0.3) is 0 Å². The first-order valence-corrected chi connectivity index (χ1v) is 9.78. The maximum atomic E-state index is 6.06. The summed E-state index contributed by atoms with van der Waals surface area (Å²) < 4.78 is 0. The Balaban J connectivity index is 1.60. The van der Waals surface area contributed by atoms with Gasteiger partial charge in [0, 0.05) is 55.2 Å². The Bertz CT molecular complexity index is 944. The van der Waals surface area contributed by atoms with Crippen molar-refractivity contribution in [3.05, 3.63) is 46.6 Å². The molecule has 0 aliphatic carbocycles. The number of nitrogens with zero attached hydrogens (tertiary/aromatic N) is 6. The highest BCUT2D eigenvalue weighted by Gasteiger charge is 2.18. The molecule has 8 heteroatoms. The number of halogens is 2. The van der Waals surface area contributed by atoms with Gasteiger partial charge in [-0.05, 0) is 49.6 Å². The van der Waals surface area contributed by atoms with Crippen molar-refractivity contribution in [2.75, 3.05) is 36.0 Å². The summed E-state index contributed by atoms with van der Waals surface area (Å²) in [5.74, 6) is 0.891. The van der Waals surface area contributed by atoms with E-state index in [9.17, 15) is 0 Å². The first kappa shape index (κ1) is 18.2. The van der Waals surface area contributed by atoms with Gasteiger partial charge in [0.15, 0.2) is 5.65 Å². The molecule has 1 aliphatic heterocycles. The first-order chi connectivity index (χ1) is 13.1. The van der Waals surface area contributed by atoms with Crippen LogP contribution in [0, 0.1) is 6.92 Å². The van der Waals surface area contributed by atoms with Crippen LogP contribution in [0.25, 0.3) is 11.0 Å². The zero-order valence-corrected chi connectivity index (χ0v) is 16.6. The molecule has 1 fully saturated rings. The first-order valence-electron chi connectivity index (χ1n) is 9.02. The molecule has 0 radical (unpaired) electrons. The van der Waals surface area contributed by atoms with Gasteiger partial charge in [-0.1, -0.05) is 11.6 Å². The molecule has 0 atom stereocenters. The van der Waals surface area contributed by atoms with E-state index in [1.807, 2.05) is 25.1 Å².